The van der Waals surface area contributed by atoms with Crippen molar-refractivity contribution < 1.29 is 14.2 Å². The molecule has 4 N–H and O–H groups in total. The predicted octanol–water partition coefficient (Wildman–Crippen LogP) is -0.391. The molecular weight excluding hydrogens is 188 g/mol. The summed E-state index contributed by atoms with van der Waals surface area (Å²) in [6.45, 7) is 0. The van der Waals surface area contributed by atoms with E-state index >= 15 is 0 Å². The monoisotopic (exact) mass is 201 g/mol. The van der Waals surface area contributed by atoms with E-state index in [2.05, 4.69) is 10.5 Å². The highest BCUT2D eigenvalue weighted by atomic mass is 32.2. The van der Waals surface area contributed by atoms with Gasteiger partial charge in [-0.05, 0) is 24.7 Å². The van der Waals surface area contributed by atoms with Crippen LogP contribution in [0.5, 0.6) is 0 Å². The Morgan fingerprint density at radius 2 is 1.85 bits per heavy atom. The Labute approximate surface area is 77.8 Å². The lowest BCUT2D eigenvalue weighted by Crippen LogP contribution is -2.39. The molecule has 5 heteroatoms. The number of quaternary nitrogens is 1. The Kier molecular flexibility index (Phi) is 3.02. The van der Waals surface area contributed by atoms with Gasteiger partial charge >= 0.3 is 0 Å². The van der Waals surface area contributed by atoms with Crippen LogP contribution in [-0.2, 0) is 15.8 Å². The van der Waals surface area contributed by atoms with E-state index < -0.39 is 10.0 Å². The first-order valence-corrected chi connectivity index (χ1v) is 5.51. The van der Waals surface area contributed by atoms with E-state index in [1.54, 1.807) is 24.3 Å². The van der Waals surface area contributed by atoms with Gasteiger partial charge in [-0.2, -0.15) is 0 Å². The highest BCUT2D eigenvalue weighted by Crippen LogP contribution is 2.06. The van der Waals surface area contributed by atoms with Crippen LogP contribution in [0, 0.1) is 0 Å². The SMILES string of the molecule is CNS(=O)(=O)Cc1ccc([NH3+])cc1. The van der Waals surface area contributed by atoms with Gasteiger partial charge in [0.2, 0.25) is 10.0 Å². The molecule has 0 heterocycles. The summed E-state index contributed by atoms with van der Waals surface area (Å²) in [6.07, 6.45) is 0. The lowest BCUT2D eigenvalue weighted by Gasteiger charge is -2.01. The maximum absolute atomic E-state index is 11.1. The largest absolute Gasteiger partial charge is 0.325 e. The molecule has 0 radical (unpaired) electrons. The third kappa shape index (κ3) is 3.14. The van der Waals surface area contributed by atoms with Gasteiger partial charge in [-0.1, -0.05) is 12.1 Å². The van der Waals surface area contributed by atoms with Gasteiger partial charge in [-0.15, -0.1) is 0 Å². The van der Waals surface area contributed by atoms with Crippen LogP contribution < -0.4 is 10.5 Å². The molecule has 0 saturated carbocycles. The molecule has 13 heavy (non-hydrogen) atoms. The number of benzene rings is 1. The molecule has 1 rings (SSSR count). The van der Waals surface area contributed by atoms with Gasteiger partial charge in [-0.3, -0.25) is 0 Å². The van der Waals surface area contributed by atoms with Crippen LogP contribution in [0.2, 0.25) is 0 Å². The standard InChI is InChI=1S/C8H12N2O2S/c1-10-13(11,12)6-7-2-4-8(9)5-3-7/h2-5,10H,6,9H2,1H3/p+1. The van der Waals surface area contributed by atoms with Crippen LogP contribution >= 0.6 is 0 Å². The molecule has 0 aliphatic rings. The number of hydrogen-bond acceptors (Lipinski definition) is 2. The zero-order valence-corrected chi connectivity index (χ0v) is 8.26. The molecule has 0 bridgehead atoms. The van der Waals surface area contributed by atoms with Crippen LogP contribution in [0.15, 0.2) is 24.3 Å². The zero-order valence-electron chi connectivity index (χ0n) is 7.45. The van der Waals surface area contributed by atoms with E-state index in [4.69, 9.17) is 0 Å². The minimum Gasteiger partial charge on any atom is -0.325 e. The van der Waals surface area contributed by atoms with Crippen molar-refractivity contribution in [1.29, 1.82) is 0 Å². The van der Waals surface area contributed by atoms with Gasteiger partial charge in [0.15, 0.2) is 0 Å². The van der Waals surface area contributed by atoms with Gasteiger partial charge in [0.25, 0.3) is 0 Å². The summed E-state index contributed by atoms with van der Waals surface area (Å²) in [5.74, 6) is 0.0176. The van der Waals surface area contributed by atoms with E-state index in [0.29, 0.717) is 0 Å². The lowest BCUT2D eigenvalue weighted by molar-refractivity contribution is -0.254. The Balaban J connectivity index is 2.82. The fraction of sp³-hybridized carbons (Fsp3) is 0.250. The molecule has 72 valence electrons. The fourth-order valence-electron chi connectivity index (χ4n) is 0.927. The zero-order chi connectivity index (χ0) is 9.90. The second-order valence-electron chi connectivity index (χ2n) is 2.78. The molecule has 0 aromatic heterocycles. The fourth-order valence-corrected chi connectivity index (χ4v) is 1.70. The summed E-state index contributed by atoms with van der Waals surface area (Å²) in [5, 5.41) is 0. The third-order valence-corrected chi connectivity index (χ3v) is 3.03. The summed E-state index contributed by atoms with van der Waals surface area (Å²) in [4.78, 5) is 0. The highest BCUT2D eigenvalue weighted by molar-refractivity contribution is 7.88. The molecule has 0 saturated heterocycles. The number of sulfonamides is 1. The molecule has 0 atom stereocenters. The Hall–Kier alpha value is -0.910. The maximum Gasteiger partial charge on any atom is 0.215 e. The molecule has 1 aromatic rings. The first-order valence-electron chi connectivity index (χ1n) is 3.85. The summed E-state index contributed by atoms with van der Waals surface area (Å²) in [7, 11) is -1.75. The van der Waals surface area contributed by atoms with Crippen LogP contribution in [0.1, 0.15) is 5.56 Å². The maximum atomic E-state index is 11.1. The Morgan fingerprint density at radius 3 is 2.31 bits per heavy atom. The van der Waals surface area contributed by atoms with Crippen molar-refractivity contribution in [3.63, 3.8) is 0 Å². The topological polar surface area (TPSA) is 73.8 Å². The van der Waals surface area contributed by atoms with Crippen LogP contribution in [0.3, 0.4) is 0 Å². The normalized spacial score (nSPS) is 11.5. The molecule has 4 nitrogen and oxygen atoms in total. The van der Waals surface area contributed by atoms with Gasteiger partial charge < -0.3 is 5.73 Å². The van der Waals surface area contributed by atoms with E-state index in [0.717, 1.165) is 11.3 Å². The Morgan fingerprint density at radius 1 is 1.31 bits per heavy atom. The van der Waals surface area contributed by atoms with E-state index in [1.165, 1.54) is 7.05 Å². The average molecular weight is 201 g/mol. The number of hydrogen-bond donors (Lipinski definition) is 2. The van der Waals surface area contributed by atoms with Crippen molar-refractivity contribution in [3.8, 4) is 0 Å². The van der Waals surface area contributed by atoms with Crippen molar-refractivity contribution in [2.24, 2.45) is 0 Å². The van der Waals surface area contributed by atoms with E-state index in [9.17, 15) is 8.42 Å². The minimum absolute atomic E-state index is 0.0176. The lowest BCUT2D eigenvalue weighted by atomic mass is 10.2. The smallest absolute Gasteiger partial charge is 0.215 e. The van der Waals surface area contributed by atoms with Crippen molar-refractivity contribution in [2.45, 2.75) is 5.75 Å². The van der Waals surface area contributed by atoms with Crippen LogP contribution in [-0.4, -0.2) is 15.5 Å². The molecule has 0 unspecified atom stereocenters. The van der Waals surface area contributed by atoms with E-state index in [-0.39, 0.29) is 5.75 Å². The van der Waals surface area contributed by atoms with Gasteiger partial charge in [0.1, 0.15) is 5.69 Å². The summed E-state index contributed by atoms with van der Waals surface area (Å²) in [6, 6.07) is 7.11. The van der Waals surface area contributed by atoms with Crippen molar-refractivity contribution >= 4 is 15.7 Å². The summed E-state index contributed by atoms with van der Waals surface area (Å²) in [5.41, 5.74) is 5.36. The first-order chi connectivity index (χ1) is 6.03. The predicted molar refractivity (Wildman–Crippen MR) is 50.7 cm³/mol. The summed E-state index contributed by atoms with van der Waals surface area (Å²) < 4.78 is 24.5. The first kappa shape index (κ1) is 10.2. The van der Waals surface area contributed by atoms with Gasteiger partial charge in [0.05, 0.1) is 5.75 Å². The van der Waals surface area contributed by atoms with Gasteiger partial charge in [0, 0.05) is 0 Å². The van der Waals surface area contributed by atoms with Crippen LogP contribution in [0.4, 0.5) is 5.69 Å². The second kappa shape index (κ2) is 3.87. The molecule has 0 aliphatic carbocycles. The molecule has 1 aromatic carbocycles. The molecule has 0 amide bonds. The Bertz CT molecular complexity index is 370. The second-order valence-corrected chi connectivity index (χ2v) is 4.71. The van der Waals surface area contributed by atoms with Crippen molar-refractivity contribution in [3.05, 3.63) is 29.8 Å². The minimum atomic E-state index is -3.16. The molecule has 0 fully saturated rings. The summed E-state index contributed by atoms with van der Waals surface area (Å²) >= 11 is 0. The average Bonchev–Trinajstić information content (AvgIpc) is 2.09. The molecule has 0 aliphatic heterocycles. The number of rotatable bonds is 3. The van der Waals surface area contributed by atoms with Crippen LogP contribution in [0.25, 0.3) is 0 Å². The number of nitrogens with one attached hydrogen (secondary N) is 1. The van der Waals surface area contributed by atoms with Crippen molar-refractivity contribution in [1.82, 2.24) is 4.72 Å². The quantitative estimate of drug-likeness (QED) is 0.699. The van der Waals surface area contributed by atoms with Crippen molar-refractivity contribution in [2.75, 3.05) is 7.05 Å². The third-order valence-electron chi connectivity index (χ3n) is 1.69. The molecular formula is C8H13N2O2S+. The molecule has 0 spiro atoms. The highest BCUT2D eigenvalue weighted by Gasteiger charge is 2.07. The van der Waals surface area contributed by atoms with E-state index in [1.807, 2.05) is 0 Å². The van der Waals surface area contributed by atoms with Gasteiger partial charge in [-0.25, -0.2) is 13.1 Å².